The van der Waals surface area contributed by atoms with Crippen LogP contribution >= 0.6 is 0 Å². The number of aromatic nitrogens is 1. The molecule has 0 aliphatic carbocycles. The number of pyridine rings is 1. The molecule has 0 saturated carbocycles. The molecule has 0 amide bonds. The molecule has 1 aromatic rings. The highest BCUT2D eigenvalue weighted by Gasteiger charge is 2.15. The summed E-state index contributed by atoms with van der Waals surface area (Å²) in [6, 6.07) is 4.07. The third kappa shape index (κ3) is 2.04. The van der Waals surface area contributed by atoms with Gasteiger partial charge in [-0.05, 0) is 38.1 Å². The first-order valence-electron chi connectivity index (χ1n) is 5.11. The summed E-state index contributed by atoms with van der Waals surface area (Å²) < 4.78 is 5.08. The molecule has 1 saturated heterocycles. The Labute approximate surface area is 84.5 Å². The molecule has 0 atom stereocenters. The molecule has 76 valence electrons. The van der Waals surface area contributed by atoms with Gasteiger partial charge in [-0.25, -0.2) is 0 Å². The summed E-state index contributed by atoms with van der Waals surface area (Å²) in [4.78, 5) is 4.42. The molecule has 2 heterocycles. The van der Waals surface area contributed by atoms with Gasteiger partial charge in [-0.1, -0.05) is 0 Å². The van der Waals surface area contributed by atoms with E-state index >= 15 is 0 Å². The van der Waals surface area contributed by atoms with Crippen molar-refractivity contribution < 1.29 is 4.74 Å². The molecule has 1 N–H and O–H groups in total. The number of ether oxygens (including phenoxy) is 1. The Morgan fingerprint density at radius 3 is 2.71 bits per heavy atom. The minimum absolute atomic E-state index is 0.627. The maximum Gasteiger partial charge on any atom is 0.137 e. The fourth-order valence-electron chi connectivity index (χ4n) is 1.87. The van der Waals surface area contributed by atoms with Gasteiger partial charge in [0.05, 0.1) is 13.3 Å². The van der Waals surface area contributed by atoms with Crippen molar-refractivity contribution in [2.24, 2.45) is 0 Å². The van der Waals surface area contributed by atoms with Crippen LogP contribution in [0.25, 0.3) is 0 Å². The Kier molecular flexibility index (Phi) is 2.99. The van der Waals surface area contributed by atoms with E-state index in [1.165, 1.54) is 18.5 Å². The van der Waals surface area contributed by atoms with Crippen LogP contribution in [0.3, 0.4) is 0 Å². The van der Waals surface area contributed by atoms with Gasteiger partial charge in [0.25, 0.3) is 0 Å². The number of hydrogen-bond acceptors (Lipinski definition) is 3. The molecule has 0 spiro atoms. The molecule has 1 fully saturated rings. The highest BCUT2D eigenvalue weighted by Crippen LogP contribution is 2.24. The summed E-state index contributed by atoms with van der Waals surface area (Å²) in [5.41, 5.74) is 1.20. The first-order chi connectivity index (χ1) is 6.90. The summed E-state index contributed by atoms with van der Waals surface area (Å²) in [6.07, 6.45) is 4.19. The molecule has 0 bridgehead atoms. The first kappa shape index (κ1) is 9.46. The standard InChI is InChI=1S/C11H16N2O/c1-14-10-2-3-11(13-8-10)9-4-6-12-7-5-9/h2-3,8-9,12H,4-7H2,1H3. The number of nitrogens with zero attached hydrogens (tertiary/aromatic N) is 1. The largest absolute Gasteiger partial charge is 0.495 e. The zero-order valence-corrected chi connectivity index (χ0v) is 8.49. The monoisotopic (exact) mass is 192 g/mol. The zero-order valence-electron chi connectivity index (χ0n) is 8.49. The summed E-state index contributed by atoms with van der Waals surface area (Å²) in [7, 11) is 1.67. The normalized spacial score (nSPS) is 18.1. The van der Waals surface area contributed by atoms with Gasteiger partial charge in [-0.2, -0.15) is 0 Å². The second kappa shape index (κ2) is 4.42. The molecule has 0 aromatic carbocycles. The summed E-state index contributed by atoms with van der Waals surface area (Å²) >= 11 is 0. The molecular formula is C11H16N2O. The van der Waals surface area contributed by atoms with Crippen LogP contribution in [-0.2, 0) is 0 Å². The minimum Gasteiger partial charge on any atom is -0.495 e. The van der Waals surface area contributed by atoms with Gasteiger partial charge in [0.2, 0.25) is 0 Å². The SMILES string of the molecule is COc1ccc(C2CCNCC2)nc1. The molecular weight excluding hydrogens is 176 g/mol. The van der Waals surface area contributed by atoms with Crippen LogP contribution in [0, 0.1) is 0 Å². The Morgan fingerprint density at radius 1 is 1.36 bits per heavy atom. The second-order valence-corrected chi connectivity index (χ2v) is 3.65. The van der Waals surface area contributed by atoms with E-state index in [9.17, 15) is 0 Å². The van der Waals surface area contributed by atoms with Crippen LogP contribution in [-0.4, -0.2) is 25.2 Å². The van der Waals surface area contributed by atoms with Gasteiger partial charge >= 0.3 is 0 Å². The lowest BCUT2D eigenvalue weighted by Crippen LogP contribution is -2.26. The molecule has 0 radical (unpaired) electrons. The maximum atomic E-state index is 5.08. The molecule has 3 heteroatoms. The van der Waals surface area contributed by atoms with Crippen molar-refractivity contribution in [1.29, 1.82) is 0 Å². The molecule has 2 rings (SSSR count). The van der Waals surface area contributed by atoms with Crippen molar-refractivity contribution in [3.8, 4) is 5.75 Å². The summed E-state index contributed by atoms with van der Waals surface area (Å²) in [5, 5.41) is 3.35. The van der Waals surface area contributed by atoms with Crippen molar-refractivity contribution >= 4 is 0 Å². The lowest BCUT2D eigenvalue weighted by atomic mass is 9.94. The van der Waals surface area contributed by atoms with Gasteiger partial charge in [0.1, 0.15) is 5.75 Å². The van der Waals surface area contributed by atoms with E-state index in [0.717, 1.165) is 18.8 Å². The summed E-state index contributed by atoms with van der Waals surface area (Å²) in [6.45, 7) is 2.22. The van der Waals surface area contributed by atoms with Crippen LogP contribution in [0.5, 0.6) is 5.75 Å². The quantitative estimate of drug-likeness (QED) is 0.772. The van der Waals surface area contributed by atoms with E-state index in [2.05, 4.69) is 16.4 Å². The van der Waals surface area contributed by atoms with Crippen LogP contribution in [0.15, 0.2) is 18.3 Å². The Balaban J connectivity index is 2.07. The van der Waals surface area contributed by atoms with Crippen LogP contribution < -0.4 is 10.1 Å². The van der Waals surface area contributed by atoms with Gasteiger partial charge in [0.15, 0.2) is 0 Å². The van der Waals surface area contributed by atoms with Crippen LogP contribution in [0.2, 0.25) is 0 Å². The number of nitrogens with one attached hydrogen (secondary N) is 1. The van der Waals surface area contributed by atoms with Crippen molar-refractivity contribution in [3.63, 3.8) is 0 Å². The topological polar surface area (TPSA) is 34.1 Å². The number of methoxy groups -OCH3 is 1. The Bertz CT molecular complexity index is 278. The summed E-state index contributed by atoms with van der Waals surface area (Å²) in [5.74, 6) is 1.46. The average Bonchev–Trinajstić information content (AvgIpc) is 2.30. The smallest absolute Gasteiger partial charge is 0.137 e. The molecule has 1 aliphatic rings. The van der Waals surface area contributed by atoms with Gasteiger partial charge < -0.3 is 10.1 Å². The highest BCUT2D eigenvalue weighted by molar-refractivity contribution is 5.21. The lowest BCUT2D eigenvalue weighted by molar-refractivity contribution is 0.410. The average molecular weight is 192 g/mol. The van der Waals surface area contributed by atoms with E-state index in [4.69, 9.17) is 4.74 Å². The Morgan fingerprint density at radius 2 is 2.14 bits per heavy atom. The van der Waals surface area contributed by atoms with E-state index in [1.54, 1.807) is 13.3 Å². The highest BCUT2D eigenvalue weighted by atomic mass is 16.5. The predicted octanol–water partition coefficient (Wildman–Crippen LogP) is 1.56. The van der Waals surface area contributed by atoms with Crippen molar-refractivity contribution in [2.75, 3.05) is 20.2 Å². The third-order valence-corrected chi connectivity index (χ3v) is 2.75. The second-order valence-electron chi connectivity index (χ2n) is 3.65. The van der Waals surface area contributed by atoms with Crippen molar-refractivity contribution in [3.05, 3.63) is 24.0 Å². The minimum atomic E-state index is 0.627. The fraction of sp³-hybridized carbons (Fsp3) is 0.545. The van der Waals surface area contributed by atoms with E-state index < -0.39 is 0 Å². The maximum absolute atomic E-state index is 5.08. The van der Waals surface area contributed by atoms with E-state index in [-0.39, 0.29) is 0 Å². The van der Waals surface area contributed by atoms with Gasteiger partial charge in [-0.3, -0.25) is 4.98 Å². The lowest BCUT2D eigenvalue weighted by Gasteiger charge is -2.21. The molecule has 1 aliphatic heterocycles. The number of piperidine rings is 1. The molecule has 1 aromatic heterocycles. The zero-order chi connectivity index (χ0) is 9.80. The molecule has 3 nitrogen and oxygen atoms in total. The Hall–Kier alpha value is -1.09. The van der Waals surface area contributed by atoms with Crippen LogP contribution in [0.4, 0.5) is 0 Å². The van der Waals surface area contributed by atoms with E-state index in [0.29, 0.717) is 5.92 Å². The third-order valence-electron chi connectivity index (χ3n) is 2.75. The number of hydrogen-bond donors (Lipinski definition) is 1. The number of rotatable bonds is 2. The van der Waals surface area contributed by atoms with Crippen molar-refractivity contribution in [1.82, 2.24) is 10.3 Å². The van der Waals surface area contributed by atoms with E-state index in [1.807, 2.05) is 6.07 Å². The van der Waals surface area contributed by atoms with Crippen molar-refractivity contribution in [2.45, 2.75) is 18.8 Å². The van der Waals surface area contributed by atoms with Gasteiger partial charge in [0, 0.05) is 11.6 Å². The van der Waals surface area contributed by atoms with Crippen LogP contribution in [0.1, 0.15) is 24.5 Å². The molecule has 14 heavy (non-hydrogen) atoms. The predicted molar refractivity (Wildman–Crippen MR) is 55.6 cm³/mol. The first-order valence-corrected chi connectivity index (χ1v) is 5.11. The van der Waals surface area contributed by atoms with Gasteiger partial charge in [-0.15, -0.1) is 0 Å². The molecule has 0 unspecified atom stereocenters. The fourth-order valence-corrected chi connectivity index (χ4v) is 1.87.